The van der Waals surface area contributed by atoms with Gasteiger partial charge in [-0.1, -0.05) is 13.0 Å². The number of rotatable bonds is 9. The van der Waals surface area contributed by atoms with E-state index in [4.69, 9.17) is 15.2 Å². The molecule has 0 saturated heterocycles. The Morgan fingerprint density at radius 2 is 1.82 bits per heavy atom. The number of hydrogen-bond donors (Lipinski definition) is 2. The minimum absolute atomic E-state index is 0.00836. The zero-order valence-corrected chi connectivity index (χ0v) is 14.0. The second-order valence-electron chi connectivity index (χ2n) is 5.34. The van der Waals surface area contributed by atoms with Crippen molar-refractivity contribution in [3.63, 3.8) is 0 Å². The first-order valence-electron chi connectivity index (χ1n) is 7.91. The molecule has 0 aliphatic rings. The second-order valence-corrected chi connectivity index (χ2v) is 5.34. The third-order valence-electron chi connectivity index (χ3n) is 3.52. The third kappa shape index (κ3) is 5.56. The quantitative estimate of drug-likeness (QED) is 0.733. The molecule has 0 aliphatic carbocycles. The van der Waals surface area contributed by atoms with Gasteiger partial charge in [-0.05, 0) is 44.9 Å². The van der Waals surface area contributed by atoms with E-state index in [-0.39, 0.29) is 17.9 Å². The van der Waals surface area contributed by atoms with Gasteiger partial charge in [0.1, 0.15) is 0 Å². The predicted octanol–water partition coefficient (Wildman–Crippen LogP) is 2.13. The van der Waals surface area contributed by atoms with Crippen LogP contribution in [-0.2, 0) is 11.2 Å². The average Bonchev–Trinajstić information content (AvgIpc) is 2.49. The number of carbonyl (C=O) groups is 1. The van der Waals surface area contributed by atoms with Crippen molar-refractivity contribution in [2.24, 2.45) is 11.7 Å². The first-order valence-corrected chi connectivity index (χ1v) is 7.91. The van der Waals surface area contributed by atoms with Crippen LogP contribution in [0, 0.1) is 5.92 Å². The van der Waals surface area contributed by atoms with Crippen molar-refractivity contribution in [2.75, 3.05) is 19.8 Å². The van der Waals surface area contributed by atoms with E-state index >= 15 is 0 Å². The van der Waals surface area contributed by atoms with E-state index in [1.807, 2.05) is 45.9 Å². The molecule has 0 spiro atoms. The van der Waals surface area contributed by atoms with E-state index in [0.29, 0.717) is 19.8 Å². The minimum Gasteiger partial charge on any atom is -0.490 e. The molecule has 5 nitrogen and oxygen atoms in total. The molecule has 0 bridgehead atoms. The highest BCUT2D eigenvalue weighted by Crippen LogP contribution is 2.28. The molecule has 22 heavy (non-hydrogen) atoms. The summed E-state index contributed by atoms with van der Waals surface area (Å²) < 4.78 is 11.1. The number of carbonyl (C=O) groups excluding carboxylic acids is 1. The largest absolute Gasteiger partial charge is 0.490 e. The maximum absolute atomic E-state index is 11.8. The number of nitrogens with one attached hydrogen (secondary N) is 1. The molecule has 0 heterocycles. The lowest BCUT2D eigenvalue weighted by molar-refractivity contribution is -0.124. The number of hydrogen-bond acceptors (Lipinski definition) is 4. The molecule has 0 aliphatic heterocycles. The Morgan fingerprint density at radius 1 is 1.18 bits per heavy atom. The van der Waals surface area contributed by atoms with Crippen LogP contribution < -0.4 is 20.5 Å². The highest BCUT2D eigenvalue weighted by atomic mass is 16.5. The van der Waals surface area contributed by atoms with Gasteiger partial charge < -0.3 is 20.5 Å². The number of benzene rings is 1. The van der Waals surface area contributed by atoms with Crippen molar-refractivity contribution in [2.45, 2.75) is 40.2 Å². The normalized spacial score (nSPS) is 13.3. The van der Waals surface area contributed by atoms with Crippen molar-refractivity contribution >= 4 is 5.91 Å². The summed E-state index contributed by atoms with van der Waals surface area (Å²) in [5.41, 5.74) is 6.82. The predicted molar refractivity (Wildman–Crippen MR) is 88.3 cm³/mol. The summed E-state index contributed by atoms with van der Waals surface area (Å²) in [5, 5.41) is 2.91. The van der Waals surface area contributed by atoms with Crippen LogP contribution in [0.3, 0.4) is 0 Å². The highest BCUT2D eigenvalue weighted by molar-refractivity contribution is 5.78. The van der Waals surface area contributed by atoms with Crippen molar-refractivity contribution < 1.29 is 14.3 Å². The Bertz CT molecular complexity index is 475. The van der Waals surface area contributed by atoms with Gasteiger partial charge in [0.2, 0.25) is 5.91 Å². The number of ether oxygens (including phenoxy) is 2. The lowest BCUT2D eigenvalue weighted by atomic mass is 10.0. The van der Waals surface area contributed by atoms with Crippen LogP contribution in [0.25, 0.3) is 0 Å². The summed E-state index contributed by atoms with van der Waals surface area (Å²) in [7, 11) is 0. The molecule has 1 rings (SSSR count). The Kier molecular flexibility index (Phi) is 7.74. The molecule has 1 amide bonds. The van der Waals surface area contributed by atoms with Gasteiger partial charge in [0, 0.05) is 18.5 Å². The molecule has 0 aromatic heterocycles. The lowest BCUT2D eigenvalue weighted by Crippen LogP contribution is -2.39. The van der Waals surface area contributed by atoms with Crippen LogP contribution >= 0.6 is 0 Å². The highest BCUT2D eigenvalue weighted by Gasteiger charge is 2.16. The monoisotopic (exact) mass is 308 g/mol. The zero-order valence-electron chi connectivity index (χ0n) is 14.0. The van der Waals surface area contributed by atoms with Gasteiger partial charge >= 0.3 is 0 Å². The topological polar surface area (TPSA) is 73.6 Å². The maximum atomic E-state index is 11.8. The summed E-state index contributed by atoms with van der Waals surface area (Å²) in [4.78, 5) is 11.8. The fourth-order valence-electron chi connectivity index (χ4n) is 1.98. The first kappa shape index (κ1) is 18.3. The zero-order chi connectivity index (χ0) is 16.5. The standard InChI is InChI=1S/C17H28N2O3/c1-5-21-15-8-7-14(11-16(15)22-6-2)9-10-19-17(20)12(3)13(4)18/h7-8,11-13H,5-6,9-10,18H2,1-4H3,(H,19,20). The maximum Gasteiger partial charge on any atom is 0.224 e. The van der Waals surface area contributed by atoms with Gasteiger partial charge in [-0.25, -0.2) is 0 Å². The van der Waals surface area contributed by atoms with E-state index in [0.717, 1.165) is 23.5 Å². The second kappa shape index (κ2) is 9.30. The van der Waals surface area contributed by atoms with Crippen molar-refractivity contribution in [3.8, 4) is 11.5 Å². The summed E-state index contributed by atoms with van der Waals surface area (Å²) in [6.45, 7) is 9.33. The van der Waals surface area contributed by atoms with Crippen molar-refractivity contribution in [1.82, 2.24) is 5.32 Å². The fraction of sp³-hybridized carbons (Fsp3) is 0.588. The van der Waals surface area contributed by atoms with Crippen LogP contribution in [-0.4, -0.2) is 31.7 Å². The molecule has 1 aromatic carbocycles. The van der Waals surface area contributed by atoms with Gasteiger partial charge in [0.05, 0.1) is 13.2 Å². The van der Waals surface area contributed by atoms with Crippen molar-refractivity contribution in [3.05, 3.63) is 23.8 Å². The molecule has 5 heteroatoms. The van der Waals surface area contributed by atoms with Gasteiger partial charge in [0.15, 0.2) is 11.5 Å². The summed E-state index contributed by atoms with van der Waals surface area (Å²) in [6.07, 6.45) is 0.740. The molecule has 0 fully saturated rings. The van der Waals surface area contributed by atoms with E-state index < -0.39 is 0 Å². The van der Waals surface area contributed by atoms with E-state index in [1.165, 1.54) is 0 Å². The van der Waals surface area contributed by atoms with Crippen LogP contribution in [0.2, 0.25) is 0 Å². The number of nitrogens with two attached hydrogens (primary N) is 1. The van der Waals surface area contributed by atoms with E-state index in [1.54, 1.807) is 0 Å². The van der Waals surface area contributed by atoms with E-state index in [2.05, 4.69) is 5.32 Å². The molecule has 1 aromatic rings. The Balaban J connectivity index is 2.59. The molecule has 2 atom stereocenters. The molecule has 0 radical (unpaired) electrons. The molecular weight excluding hydrogens is 280 g/mol. The summed E-state index contributed by atoms with van der Waals surface area (Å²) in [5.74, 6) is 1.31. The molecule has 124 valence electrons. The van der Waals surface area contributed by atoms with Crippen molar-refractivity contribution in [1.29, 1.82) is 0 Å². The van der Waals surface area contributed by atoms with Crippen LogP contribution in [0.5, 0.6) is 11.5 Å². The molecule has 0 saturated carbocycles. The minimum atomic E-state index is -0.181. The molecule has 3 N–H and O–H groups in total. The Labute approximate surface area is 133 Å². The first-order chi connectivity index (χ1) is 10.5. The van der Waals surface area contributed by atoms with Gasteiger partial charge in [-0.15, -0.1) is 0 Å². The van der Waals surface area contributed by atoms with Crippen LogP contribution in [0.4, 0.5) is 0 Å². The van der Waals surface area contributed by atoms with E-state index in [9.17, 15) is 4.79 Å². The smallest absolute Gasteiger partial charge is 0.224 e. The molecular formula is C17H28N2O3. The fourth-order valence-corrected chi connectivity index (χ4v) is 1.98. The lowest BCUT2D eigenvalue weighted by Gasteiger charge is -2.16. The SMILES string of the molecule is CCOc1ccc(CCNC(=O)C(C)C(C)N)cc1OCC. The summed E-state index contributed by atoms with van der Waals surface area (Å²) in [6, 6.07) is 5.73. The van der Waals surface area contributed by atoms with Gasteiger partial charge in [0.25, 0.3) is 0 Å². The van der Waals surface area contributed by atoms with Crippen LogP contribution in [0.15, 0.2) is 18.2 Å². The summed E-state index contributed by atoms with van der Waals surface area (Å²) >= 11 is 0. The average molecular weight is 308 g/mol. The number of amides is 1. The Morgan fingerprint density at radius 3 is 2.41 bits per heavy atom. The van der Waals surface area contributed by atoms with Gasteiger partial charge in [-0.3, -0.25) is 4.79 Å². The van der Waals surface area contributed by atoms with Gasteiger partial charge in [-0.2, -0.15) is 0 Å². The third-order valence-corrected chi connectivity index (χ3v) is 3.52. The molecule has 2 unspecified atom stereocenters. The Hall–Kier alpha value is -1.75. The van der Waals surface area contributed by atoms with Crippen LogP contribution in [0.1, 0.15) is 33.3 Å².